The average Bonchev–Trinajstić information content (AvgIpc) is 0.746. The van der Waals surface area contributed by atoms with Crippen molar-refractivity contribution in [3.05, 3.63) is 382 Å². The van der Waals surface area contributed by atoms with Gasteiger partial charge in [-0.25, -0.2) is 0 Å². The number of halogens is 3. The van der Waals surface area contributed by atoms with Gasteiger partial charge in [-0.2, -0.15) is 13.2 Å². The van der Waals surface area contributed by atoms with E-state index in [0.717, 1.165) is 90.9 Å². The van der Waals surface area contributed by atoms with Gasteiger partial charge in [-0.05, 0) is 157 Å². The molecule has 14 aromatic rings. The first-order valence-corrected chi connectivity index (χ1v) is 32.0. The van der Waals surface area contributed by atoms with Crippen LogP contribution in [-0.4, -0.2) is 0 Å². The van der Waals surface area contributed by atoms with Crippen molar-refractivity contribution in [2.75, 3.05) is 24.5 Å². The lowest BCUT2D eigenvalue weighted by molar-refractivity contribution is -0.139. The van der Waals surface area contributed by atoms with Crippen LogP contribution in [0.2, 0.25) is 0 Å². The number of hydrogen-bond donors (Lipinski definition) is 0. The minimum atomic E-state index is -4.94. The molecule has 0 atom stereocenters. The fraction of sp³-hybridized carbons (Fsp3) is 0.0118. The maximum atomic E-state index is 17.8. The largest absolute Gasteiger partial charge is 0.419 e. The molecule has 0 saturated heterocycles. The maximum Gasteiger partial charge on any atom is 0.419 e. The predicted octanol–water partition coefficient (Wildman–Crippen LogP) is 25.5. The lowest BCUT2D eigenvalue weighted by atomic mass is 9.93. The maximum absolute atomic E-state index is 17.8. The Hall–Kier alpha value is -11.8. The summed E-state index contributed by atoms with van der Waals surface area (Å²) in [6.07, 6.45) is -4.94. The van der Waals surface area contributed by atoms with Crippen molar-refractivity contribution in [3.8, 4) is 22.3 Å². The number of hydrogen-bond acceptors (Lipinski definition) is 6. The van der Waals surface area contributed by atoms with E-state index in [1.165, 1.54) is 0 Å². The quantitative estimate of drug-likeness (QED) is 0.0796. The Balaban J connectivity index is 1.07. The zero-order chi connectivity index (χ0) is 63.6. The summed E-state index contributed by atoms with van der Waals surface area (Å²) in [6.45, 7) is 0. The van der Waals surface area contributed by atoms with Crippen LogP contribution < -0.4 is 24.5 Å². The summed E-state index contributed by atoms with van der Waals surface area (Å²) < 4.78 is 53.3. The van der Waals surface area contributed by atoms with Gasteiger partial charge in [0.05, 0.1) is 34.0 Å². The Kier molecular flexibility index (Phi) is 17.4. The lowest BCUT2D eigenvalue weighted by Gasteiger charge is -2.35. The van der Waals surface area contributed by atoms with Crippen molar-refractivity contribution in [1.82, 2.24) is 0 Å². The van der Waals surface area contributed by atoms with Gasteiger partial charge in [-0.3, -0.25) is 0 Å². The molecule has 94 heavy (non-hydrogen) atoms. The van der Waals surface area contributed by atoms with Crippen LogP contribution in [0.3, 0.4) is 0 Å². The highest BCUT2D eigenvalue weighted by molar-refractivity contribution is 7.99. The molecule has 0 radical (unpaired) electrons. The molecule has 0 aliphatic carbocycles. The van der Waals surface area contributed by atoms with Crippen LogP contribution in [0.15, 0.2) is 386 Å². The highest BCUT2D eigenvalue weighted by Crippen LogP contribution is 2.55. The van der Waals surface area contributed by atoms with Crippen LogP contribution in [0, 0.1) is 0 Å². The van der Waals surface area contributed by atoms with Crippen LogP contribution in [0.1, 0.15) is 5.56 Å². The third kappa shape index (κ3) is 12.8. The Morgan fingerprint density at radius 2 is 0.468 bits per heavy atom. The summed E-state index contributed by atoms with van der Waals surface area (Å²) in [7, 11) is 0. The fourth-order valence-corrected chi connectivity index (χ4v) is 13.4. The van der Waals surface area contributed by atoms with Gasteiger partial charge in [0.15, 0.2) is 0 Å². The van der Waals surface area contributed by atoms with Gasteiger partial charge >= 0.3 is 6.18 Å². The molecule has 0 fully saturated rings. The first-order chi connectivity index (χ1) is 46.3. The number of anilines is 15. The molecule has 14 rings (SSSR count). The Morgan fingerprint density at radius 3 is 0.745 bits per heavy atom. The van der Waals surface area contributed by atoms with Crippen LogP contribution in [-0.2, 0) is 6.18 Å². The SMILES string of the molecule is FC(F)(F)c1c(Sc2cc(N(c3ccccc3)c3ccccc3)cc(N(c3ccccc3)c3ccccc3)c2)cccc1N(c1cc(N(c2ccccc2)c2ccccc2)cc(N(c2ccccc2)c2ccccc2)c1)c1c(-c2ccccc2)cccc1-c1ccccc1. The Morgan fingerprint density at radius 1 is 0.223 bits per heavy atom. The first kappa shape index (κ1) is 59.8. The number of alkyl halides is 3. The first-order valence-electron chi connectivity index (χ1n) is 31.1. The van der Waals surface area contributed by atoms with E-state index in [1.807, 2.05) is 302 Å². The second kappa shape index (κ2) is 27.4. The molecule has 5 nitrogen and oxygen atoms in total. The molecule has 454 valence electrons. The van der Waals surface area contributed by atoms with Crippen LogP contribution in [0.5, 0.6) is 0 Å². The summed E-state index contributed by atoms with van der Waals surface area (Å²) >= 11 is 1.10. The molecular weight excluding hydrogens is 1180 g/mol. The molecule has 0 aliphatic heterocycles. The molecule has 0 N–H and O–H groups in total. The number of nitrogens with zero attached hydrogens (tertiary/aromatic N) is 5. The smallest absolute Gasteiger partial charge is 0.310 e. The lowest BCUT2D eigenvalue weighted by Crippen LogP contribution is -2.20. The van der Waals surface area contributed by atoms with Gasteiger partial charge in [0.25, 0.3) is 0 Å². The third-order valence-corrected chi connectivity index (χ3v) is 17.4. The van der Waals surface area contributed by atoms with Crippen molar-refractivity contribution in [1.29, 1.82) is 0 Å². The minimum absolute atomic E-state index is 0.00951. The van der Waals surface area contributed by atoms with Crippen LogP contribution in [0.4, 0.5) is 98.5 Å². The molecule has 0 spiro atoms. The minimum Gasteiger partial charge on any atom is -0.310 e. The highest BCUT2D eigenvalue weighted by Gasteiger charge is 2.40. The number of para-hydroxylation sites is 9. The predicted molar refractivity (Wildman–Crippen MR) is 386 cm³/mol. The zero-order valence-electron chi connectivity index (χ0n) is 51.1. The second-order valence-corrected chi connectivity index (χ2v) is 23.6. The van der Waals surface area contributed by atoms with Gasteiger partial charge in [-0.1, -0.05) is 242 Å². The average molecular weight is 1240 g/mol. The molecule has 0 aliphatic rings. The van der Waals surface area contributed by atoms with Gasteiger partial charge in [0.2, 0.25) is 0 Å². The van der Waals surface area contributed by atoms with E-state index in [2.05, 4.69) is 80.3 Å². The molecule has 9 heteroatoms. The summed E-state index contributed by atoms with van der Waals surface area (Å²) in [6, 6.07) is 124. The summed E-state index contributed by atoms with van der Waals surface area (Å²) in [5.74, 6) is 0. The fourth-order valence-electron chi connectivity index (χ4n) is 12.3. The van der Waals surface area contributed by atoms with Crippen molar-refractivity contribution < 1.29 is 13.2 Å². The van der Waals surface area contributed by atoms with Crippen LogP contribution >= 0.6 is 11.8 Å². The molecule has 0 unspecified atom stereocenters. The van der Waals surface area contributed by atoms with Crippen molar-refractivity contribution in [3.63, 3.8) is 0 Å². The second-order valence-electron chi connectivity index (χ2n) is 22.4. The monoisotopic (exact) mass is 1240 g/mol. The van der Waals surface area contributed by atoms with E-state index in [0.29, 0.717) is 27.6 Å². The van der Waals surface area contributed by atoms with Gasteiger partial charge in [-0.15, -0.1) is 0 Å². The number of rotatable bonds is 19. The van der Waals surface area contributed by atoms with Crippen molar-refractivity contribution in [2.24, 2.45) is 0 Å². The number of benzene rings is 14. The standard InChI is InChI=1S/C85H62F3N5S/c86-85(87,88)83-81(55-32-56-82(83)94-78-61-76(91(69-45-23-7-24-46-69)70-47-25-8-26-48-70)60-77(62-78)92(71-49-27-9-28-50-71)72-51-29-10-30-52-72)93(84-79(63-33-11-1-12-34-63)53-31-54-80(84)64-35-13-2-14-36-64)75-58-73(89(65-37-15-3-16-38-65)66-39-17-4-18-40-66)57-74(59-75)90(67-41-19-5-20-42-67)68-43-21-6-22-44-68/h1-62H. The summed E-state index contributed by atoms with van der Waals surface area (Å²) in [5.41, 5.74) is 13.1. The van der Waals surface area contributed by atoms with Gasteiger partial charge in [0, 0.05) is 77.8 Å². The summed E-state index contributed by atoms with van der Waals surface area (Å²) in [5, 5.41) is 0. The van der Waals surface area contributed by atoms with E-state index >= 15 is 13.2 Å². The van der Waals surface area contributed by atoms with E-state index in [4.69, 9.17) is 0 Å². The van der Waals surface area contributed by atoms with E-state index in [9.17, 15) is 0 Å². The molecule has 0 amide bonds. The molecule has 0 bridgehead atoms. The zero-order valence-corrected chi connectivity index (χ0v) is 51.9. The van der Waals surface area contributed by atoms with Gasteiger partial charge < -0.3 is 24.5 Å². The van der Waals surface area contributed by atoms with E-state index < -0.39 is 11.7 Å². The Labute approximate surface area is 551 Å². The van der Waals surface area contributed by atoms with Crippen molar-refractivity contribution in [2.45, 2.75) is 16.0 Å². The third-order valence-electron chi connectivity index (χ3n) is 16.4. The molecular formula is C85H62F3N5S. The highest BCUT2D eigenvalue weighted by atomic mass is 32.2. The van der Waals surface area contributed by atoms with Gasteiger partial charge in [0.1, 0.15) is 0 Å². The van der Waals surface area contributed by atoms with E-state index in [-0.39, 0.29) is 10.6 Å². The molecule has 0 saturated carbocycles. The molecule has 0 aromatic heterocycles. The molecule has 14 aromatic carbocycles. The van der Waals surface area contributed by atoms with E-state index in [1.54, 1.807) is 18.2 Å². The Bertz CT molecular complexity index is 4370. The van der Waals surface area contributed by atoms with Crippen LogP contribution in [0.25, 0.3) is 22.3 Å². The normalized spacial score (nSPS) is 11.2. The summed E-state index contributed by atoms with van der Waals surface area (Å²) in [4.78, 5) is 11.1. The van der Waals surface area contributed by atoms with Crippen molar-refractivity contribution >= 4 is 97.1 Å². The topological polar surface area (TPSA) is 16.2 Å². The molecule has 0 heterocycles.